The van der Waals surface area contributed by atoms with E-state index >= 15 is 0 Å². The molecule has 0 unspecified atom stereocenters. The molecule has 0 bridgehead atoms. The van der Waals surface area contributed by atoms with E-state index in [2.05, 4.69) is 15.2 Å². The normalized spacial score (nSPS) is 10.9. The first kappa shape index (κ1) is 12.5. The van der Waals surface area contributed by atoms with Crippen LogP contribution in [0.25, 0.3) is 10.2 Å². The van der Waals surface area contributed by atoms with Gasteiger partial charge in [-0.1, -0.05) is 23.5 Å². The van der Waals surface area contributed by atoms with E-state index in [4.69, 9.17) is 5.11 Å². The fraction of sp³-hybridized carbons (Fsp3) is 0.0909. The summed E-state index contributed by atoms with van der Waals surface area (Å²) in [5.74, 6) is -0.896. The average molecular weight is 309 g/mol. The third kappa shape index (κ3) is 2.91. The number of carbonyl (C=O) groups is 1. The minimum Gasteiger partial charge on any atom is -0.481 e. The lowest BCUT2D eigenvalue weighted by Crippen LogP contribution is -1.98. The third-order valence-electron chi connectivity index (χ3n) is 2.20. The molecule has 0 amide bonds. The molecule has 8 heteroatoms. The van der Waals surface area contributed by atoms with Crippen LogP contribution in [0.4, 0.5) is 0 Å². The van der Waals surface area contributed by atoms with E-state index < -0.39 is 5.97 Å². The molecule has 19 heavy (non-hydrogen) atoms. The second-order valence-electron chi connectivity index (χ2n) is 3.58. The van der Waals surface area contributed by atoms with Crippen molar-refractivity contribution in [3.8, 4) is 0 Å². The van der Waals surface area contributed by atoms with Crippen LogP contribution in [0.5, 0.6) is 0 Å². The van der Waals surface area contributed by atoms with E-state index in [0.29, 0.717) is 5.01 Å². The largest absolute Gasteiger partial charge is 0.481 e. The Morgan fingerprint density at radius 1 is 1.21 bits per heavy atom. The minimum atomic E-state index is -0.896. The van der Waals surface area contributed by atoms with Gasteiger partial charge in [-0.05, 0) is 23.9 Å². The Morgan fingerprint density at radius 3 is 2.84 bits per heavy atom. The molecule has 96 valence electrons. The highest BCUT2D eigenvalue weighted by molar-refractivity contribution is 8.02. The number of nitrogens with zero attached hydrogens (tertiary/aromatic N) is 3. The first-order chi connectivity index (χ1) is 9.20. The number of aromatic nitrogens is 3. The molecule has 3 aromatic rings. The fourth-order valence-electron chi connectivity index (χ4n) is 1.45. The van der Waals surface area contributed by atoms with Crippen LogP contribution in [0.3, 0.4) is 0 Å². The number of carboxylic acid groups (broad SMARTS) is 1. The van der Waals surface area contributed by atoms with Crippen LogP contribution in [0.15, 0.2) is 32.9 Å². The van der Waals surface area contributed by atoms with Crippen molar-refractivity contribution in [2.24, 2.45) is 0 Å². The van der Waals surface area contributed by atoms with Gasteiger partial charge in [0, 0.05) is 0 Å². The molecular formula is C11H7N3O2S3. The fourth-order valence-corrected chi connectivity index (χ4v) is 4.61. The number of hydrogen-bond donors (Lipinski definition) is 1. The maximum Gasteiger partial charge on any atom is 0.310 e. The van der Waals surface area contributed by atoms with Crippen LogP contribution in [0.2, 0.25) is 0 Å². The zero-order chi connectivity index (χ0) is 13.2. The number of hydrogen-bond acceptors (Lipinski definition) is 7. The Balaban J connectivity index is 1.80. The number of para-hydroxylation sites is 1. The highest BCUT2D eigenvalue weighted by Gasteiger charge is 2.11. The Kier molecular flexibility index (Phi) is 3.45. The number of aliphatic carboxylic acids is 1. The molecule has 3 rings (SSSR count). The molecule has 1 aromatic carbocycles. The van der Waals surface area contributed by atoms with Gasteiger partial charge in [0.05, 0.1) is 16.6 Å². The van der Waals surface area contributed by atoms with Crippen molar-refractivity contribution in [2.45, 2.75) is 15.1 Å². The highest BCUT2D eigenvalue weighted by atomic mass is 32.2. The second-order valence-corrected chi connectivity index (χ2v) is 7.17. The minimum absolute atomic E-state index is 0.0852. The van der Waals surface area contributed by atoms with Gasteiger partial charge in [-0.3, -0.25) is 4.79 Å². The van der Waals surface area contributed by atoms with Gasteiger partial charge in [0.2, 0.25) is 0 Å². The van der Waals surface area contributed by atoms with Crippen molar-refractivity contribution in [1.82, 2.24) is 15.2 Å². The van der Waals surface area contributed by atoms with Crippen molar-refractivity contribution < 1.29 is 9.90 Å². The maximum absolute atomic E-state index is 10.6. The van der Waals surface area contributed by atoms with Crippen LogP contribution in [0.1, 0.15) is 5.01 Å². The van der Waals surface area contributed by atoms with E-state index in [-0.39, 0.29) is 6.42 Å². The molecule has 2 heterocycles. The number of carboxylic acids is 1. The van der Waals surface area contributed by atoms with Crippen molar-refractivity contribution >= 4 is 50.6 Å². The van der Waals surface area contributed by atoms with Gasteiger partial charge in [0.1, 0.15) is 5.01 Å². The third-order valence-corrected chi connectivity index (χ3v) is 5.27. The Morgan fingerprint density at radius 2 is 2.05 bits per heavy atom. The van der Waals surface area contributed by atoms with Crippen molar-refractivity contribution in [1.29, 1.82) is 0 Å². The highest BCUT2D eigenvalue weighted by Crippen LogP contribution is 2.35. The zero-order valence-corrected chi connectivity index (χ0v) is 11.9. The molecule has 0 saturated carbocycles. The van der Waals surface area contributed by atoms with Gasteiger partial charge >= 0.3 is 5.97 Å². The SMILES string of the molecule is O=C(O)Cc1nnc(Sc2nc3ccccc3s2)s1. The summed E-state index contributed by atoms with van der Waals surface area (Å²) in [6, 6.07) is 7.91. The second kappa shape index (κ2) is 5.24. The van der Waals surface area contributed by atoms with E-state index in [9.17, 15) is 4.79 Å². The maximum atomic E-state index is 10.6. The van der Waals surface area contributed by atoms with Crippen LogP contribution in [-0.4, -0.2) is 26.3 Å². The quantitative estimate of drug-likeness (QED) is 0.798. The molecule has 0 fully saturated rings. The molecule has 0 saturated heterocycles. The lowest BCUT2D eigenvalue weighted by Gasteiger charge is -1.87. The number of rotatable bonds is 4. The monoisotopic (exact) mass is 309 g/mol. The lowest BCUT2D eigenvalue weighted by atomic mass is 10.3. The molecule has 0 aliphatic rings. The van der Waals surface area contributed by atoms with E-state index in [0.717, 1.165) is 18.9 Å². The topological polar surface area (TPSA) is 76.0 Å². The van der Waals surface area contributed by atoms with E-state index in [1.807, 2.05) is 24.3 Å². The molecule has 0 spiro atoms. The zero-order valence-electron chi connectivity index (χ0n) is 9.44. The van der Waals surface area contributed by atoms with Crippen molar-refractivity contribution in [3.05, 3.63) is 29.3 Å². The Labute approximate surface area is 120 Å². The lowest BCUT2D eigenvalue weighted by molar-refractivity contribution is -0.136. The van der Waals surface area contributed by atoms with Gasteiger partial charge < -0.3 is 5.11 Å². The first-order valence-electron chi connectivity index (χ1n) is 5.28. The number of thiazole rings is 1. The van der Waals surface area contributed by atoms with Crippen LogP contribution < -0.4 is 0 Å². The summed E-state index contributed by atoms with van der Waals surface area (Å²) in [6.07, 6.45) is -0.0852. The summed E-state index contributed by atoms with van der Waals surface area (Å²) in [5, 5.41) is 17.0. The predicted molar refractivity (Wildman–Crippen MR) is 75.0 cm³/mol. The van der Waals surface area contributed by atoms with Crippen LogP contribution >= 0.6 is 34.4 Å². The van der Waals surface area contributed by atoms with Crippen molar-refractivity contribution in [3.63, 3.8) is 0 Å². The average Bonchev–Trinajstić information content (AvgIpc) is 2.94. The molecule has 0 aliphatic heterocycles. The molecular weight excluding hydrogens is 302 g/mol. The van der Waals surface area contributed by atoms with Gasteiger partial charge in [-0.25, -0.2) is 4.98 Å². The van der Waals surface area contributed by atoms with Gasteiger partial charge in [0.25, 0.3) is 0 Å². The smallest absolute Gasteiger partial charge is 0.310 e. The molecule has 5 nitrogen and oxygen atoms in total. The van der Waals surface area contributed by atoms with E-state index in [1.165, 1.54) is 23.1 Å². The van der Waals surface area contributed by atoms with Gasteiger partial charge in [0.15, 0.2) is 8.68 Å². The van der Waals surface area contributed by atoms with E-state index in [1.54, 1.807) is 11.3 Å². The van der Waals surface area contributed by atoms with Crippen molar-refractivity contribution in [2.75, 3.05) is 0 Å². The summed E-state index contributed by atoms with van der Waals surface area (Å²) in [4.78, 5) is 15.1. The summed E-state index contributed by atoms with van der Waals surface area (Å²) in [7, 11) is 0. The molecule has 2 aromatic heterocycles. The standard InChI is InChI=1S/C11H7N3O2S3/c15-9(16)5-8-13-14-11(18-8)19-10-12-6-3-1-2-4-7(6)17-10/h1-4H,5H2,(H,15,16). The van der Waals surface area contributed by atoms with Gasteiger partial charge in [-0.15, -0.1) is 21.5 Å². The Bertz CT molecular complexity index is 704. The molecule has 0 atom stereocenters. The summed E-state index contributed by atoms with van der Waals surface area (Å²) in [6.45, 7) is 0. The molecule has 1 N–H and O–H groups in total. The summed E-state index contributed by atoms with van der Waals surface area (Å²) in [5.41, 5.74) is 0.963. The van der Waals surface area contributed by atoms with Crippen LogP contribution in [-0.2, 0) is 11.2 Å². The number of benzene rings is 1. The van der Waals surface area contributed by atoms with Gasteiger partial charge in [-0.2, -0.15) is 0 Å². The Hall–Kier alpha value is -1.51. The molecule has 0 radical (unpaired) electrons. The summed E-state index contributed by atoms with van der Waals surface area (Å²) >= 11 is 4.30. The number of fused-ring (bicyclic) bond motifs is 1. The predicted octanol–water partition coefficient (Wildman–Crippen LogP) is 2.93. The molecule has 0 aliphatic carbocycles. The van der Waals surface area contributed by atoms with Crippen LogP contribution in [0, 0.1) is 0 Å². The summed E-state index contributed by atoms with van der Waals surface area (Å²) < 4.78 is 2.73. The first-order valence-corrected chi connectivity index (χ1v) is 7.73.